The fraction of sp³-hybridized carbons (Fsp3) is 0.471. The molecule has 2 aromatic rings. The quantitative estimate of drug-likeness (QED) is 0.811. The molecule has 1 atom stereocenters. The number of piperidine rings is 1. The van der Waals surface area contributed by atoms with Crippen LogP contribution in [-0.4, -0.2) is 23.5 Å². The molecule has 112 valence electrons. The average molecular weight is 285 g/mol. The molecule has 1 aromatic heterocycles. The zero-order valence-corrected chi connectivity index (χ0v) is 12.8. The predicted octanol–water partition coefficient (Wildman–Crippen LogP) is 2.54. The standard InChI is InChI=1S/C17H23N3O/c1-11-12(2)20-15-7-6-13(9-14(11)15)10-19-17(21)16-5-3-4-8-18-16/h6-7,9,16,18,20H,3-5,8,10H2,1-2H3,(H,19,21). The number of hydrogen-bond acceptors (Lipinski definition) is 2. The number of hydrogen-bond donors (Lipinski definition) is 3. The molecule has 0 spiro atoms. The lowest BCUT2D eigenvalue weighted by Crippen LogP contribution is -2.46. The van der Waals surface area contributed by atoms with E-state index in [-0.39, 0.29) is 11.9 Å². The van der Waals surface area contributed by atoms with E-state index >= 15 is 0 Å². The van der Waals surface area contributed by atoms with Crippen molar-refractivity contribution < 1.29 is 4.79 Å². The van der Waals surface area contributed by atoms with Crippen molar-refractivity contribution in [3.63, 3.8) is 0 Å². The minimum atomic E-state index is -0.0151. The minimum absolute atomic E-state index is 0.0151. The number of benzene rings is 1. The van der Waals surface area contributed by atoms with Gasteiger partial charge in [-0.15, -0.1) is 0 Å². The third-order valence-electron chi connectivity index (χ3n) is 4.47. The molecular formula is C17H23N3O. The molecule has 4 heteroatoms. The lowest BCUT2D eigenvalue weighted by Gasteiger charge is -2.22. The number of amides is 1. The first kappa shape index (κ1) is 14.1. The number of rotatable bonds is 3. The van der Waals surface area contributed by atoms with Crippen LogP contribution in [-0.2, 0) is 11.3 Å². The first-order valence-corrected chi connectivity index (χ1v) is 7.74. The smallest absolute Gasteiger partial charge is 0.237 e. The van der Waals surface area contributed by atoms with E-state index in [4.69, 9.17) is 0 Å². The molecule has 1 unspecified atom stereocenters. The van der Waals surface area contributed by atoms with Crippen LogP contribution in [0.1, 0.15) is 36.1 Å². The second kappa shape index (κ2) is 5.90. The van der Waals surface area contributed by atoms with E-state index in [1.165, 1.54) is 23.1 Å². The highest BCUT2D eigenvalue weighted by Crippen LogP contribution is 2.22. The number of carbonyl (C=O) groups excluding carboxylic acids is 1. The van der Waals surface area contributed by atoms with Crippen molar-refractivity contribution in [2.45, 2.75) is 45.7 Å². The Kier molecular flexibility index (Phi) is 3.97. The average Bonchev–Trinajstić information content (AvgIpc) is 2.80. The van der Waals surface area contributed by atoms with E-state index in [0.29, 0.717) is 6.54 Å². The number of aromatic nitrogens is 1. The molecule has 0 radical (unpaired) electrons. The summed E-state index contributed by atoms with van der Waals surface area (Å²) in [5, 5.41) is 7.57. The van der Waals surface area contributed by atoms with Crippen molar-refractivity contribution in [1.29, 1.82) is 0 Å². The topological polar surface area (TPSA) is 56.9 Å². The maximum absolute atomic E-state index is 12.1. The minimum Gasteiger partial charge on any atom is -0.358 e. The lowest BCUT2D eigenvalue weighted by molar-refractivity contribution is -0.123. The molecule has 1 aliphatic rings. The largest absolute Gasteiger partial charge is 0.358 e. The summed E-state index contributed by atoms with van der Waals surface area (Å²) in [5.41, 5.74) is 4.80. The molecule has 4 nitrogen and oxygen atoms in total. The molecule has 1 amide bonds. The van der Waals surface area contributed by atoms with E-state index in [2.05, 4.69) is 47.7 Å². The van der Waals surface area contributed by atoms with Crippen LogP contribution in [0.5, 0.6) is 0 Å². The molecule has 0 saturated carbocycles. The monoisotopic (exact) mass is 285 g/mol. The first-order chi connectivity index (χ1) is 10.1. The molecular weight excluding hydrogens is 262 g/mol. The first-order valence-electron chi connectivity index (χ1n) is 7.74. The van der Waals surface area contributed by atoms with Gasteiger partial charge in [-0.25, -0.2) is 0 Å². The number of aromatic amines is 1. The fourth-order valence-electron chi connectivity index (χ4n) is 3.01. The van der Waals surface area contributed by atoms with Crippen LogP contribution in [0.4, 0.5) is 0 Å². The summed E-state index contributed by atoms with van der Waals surface area (Å²) in [7, 11) is 0. The van der Waals surface area contributed by atoms with Crippen LogP contribution in [0, 0.1) is 13.8 Å². The Balaban J connectivity index is 1.67. The summed E-state index contributed by atoms with van der Waals surface area (Å²) in [4.78, 5) is 15.5. The maximum Gasteiger partial charge on any atom is 0.237 e. The summed E-state index contributed by atoms with van der Waals surface area (Å²) in [6.45, 7) is 5.76. The van der Waals surface area contributed by atoms with Crippen LogP contribution in [0.3, 0.4) is 0 Å². The summed E-state index contributed by atoms with van der Waals surface area (Å²) in [6, 6.07) is 6.32. The number of fused-ring (bicyclic) bond motifs is 1. The van der Waals surface area contributed by atoms with E-state index in [1.54, 1.807) is 0 Å². The third kappa shape index (κ3) is 2.95. The summed E-state index contributed by atoms with van der Waals surface area (Å²) < 4.78 is 0. The van der Waals surface area contributed by atoms with Gasteiger partial charge in [0.25, 0.3) is 0 Å². The Morgan fingerprint density at radius 3 is 2.95 bits per heavy atom. The number of carbonyl (C=O) groups is 1. The second-order valence-corrected chi connectivity index (χ2v) is 5.98. The summed E-state index contributed by atoms with van der Waals surface area (Å²) >= 11 is 0. The van der Waals surface area contributed by atoms with Gasteiger partial charge in [-0.3, -0.25) is 4.79 Å². The normalized spacial score (nSPS) is 18.9. The van der Waals surface area contributed by atoms with Gasteiger partial charge in [0.15, 0.2) is 0 Å². The van der Waals surface area contributed by atoms with Crippen molar-refractivity contribution in [2.24, 2.45) is 0 Å². The molecule has 3 rings (SSSR count). The zero-order chi connectivity index (χ0) is 14.8. The van der Waals surface area contributed by atoms with Gasteiger partial charge in [-0.05, 0) is 56.5 Å². The van der Waals surface area contributed by atoms with Crippen LogP contribution >= 0.6 is 0 Å². The Morgan fingerprint density at radius 2 is 2.19 bits per heavy atom. The summed E-state index contributed by atoms with van der Waals surface area (Å²) in [5.74, 6) is 0.122. The molecule has 0 bridgehead atoms. The van der Waals surface area contributed by atoms with Crippen LogP contribution in [0.25, 0.3) is 10.9 Å². The van der Waals surface area contributed by atoms with Gasteiger partial charge >= 0.3 is 0 Å². The molecule has 1 fully saturated rings. The van der Waals surface area contributed by atoms with Crippen LogP contribution < -0.4 is 10.6 Å². The zero-order valence-electron chi connectivity index (χ0n) is 12.8. The molecule has 0 aliphatic carbocycles. The number of H-pyrrole nitrogens is 1. The van der Waals surface area contributed by atoms with Crippen molar-refractivity contribution in [3.8, 4) is 0 Å². The maximum atomic E-state index is 12.1. The van der Waals surface area contributed by atoms with E-state index < -0.39 is 0 Å². The Labute approximate surface area is 125 Å². The van der Waals surface area contributed by atoms with Crippen molar-refractivity contribution in [1.82, 2.24) is 15.6 Å². The molecule has 1 aromatic carbocycles. The summed E-state index contributed by atoms with van der Waals surface area (Å²) in [6.07, 6.45) is 3.26. The highest BCUT2D eigenvalue weighted by molar-refractivity contribution is 5.85. The second-order valence-electron chi connectivity index (χ2n) is 5.98. The Morgan fingerprint density at radius 1 is 1.33 bits per heavy atom. The van der Waals surface area contributed by atoms with Gasteiger partial charge in [-0.2, -0.15) is 0 Å². The molecule has 1 saturated heterocycles. The predicted molar refractivity (Wildman–Crippen MR) is 85.3 cm³/mol. The van der Waals surface area contributed by atoms with E-state index in [1.807, 2.05) is 0 Å². The van der Waals surface area contributed by atoms with E-state index in [9.17, 15) is 4.79 Å². The number of nitrogens with one attached hydrogen (secondary N) is 3. The lowest BCUT2D eigenvalue weighted by atomic mass is 10.0. The number of aryl methyl sites for hydroxylation is 2. The van der Waals surface area contributed by atoms with Gasteiger partial charge < -0.3 is 15.6 Å². The SMILES string of the molecule is Cc1[nH]c2ccc(CNC(=O)C3CCCCN3)cc2c1C. The third-order valence-corrected chi connectivity index (χ3v) is 4.47. The molecule has 21 heavy (non-hydrogen) atoms. The fourth-order valence-corrected chi connectivity index (χ4v) is 3.01. The van der Waals surface area contributed by atoms with Gasteiger partial charge in [0.1, 0.15) is 0 Å². The molecule has 1 aliphatic heterocycles. The Hall–Kier alpha value is -1.81. The van der Waals surface area contributed by atoms with Gasteiger partial charge in [0.2, 0.25) is 5.91 Å². The van der Waals surface area contributed by atoms with Gasteiger partial charge in [-0.1, -0.05) is 12.5 Å². The van der Waals surface area contributed by atoms with Gasteiger partial charge in [0, 0.05) is 23.1 Å². The van der Waals surface area contributed by atoms with E-state index in [0.717, 1.165) is 30.5 Å². The van der Waals surface area contributed by atoms with Crippen molar-refractivity contribution in [3.05, 3.63) is 35.0 Å². The van der Waals surface area contributed by atoms with Crippen molar-refractivity contribution in [2.75, 3.05) is 6.54 Å². The highest BCUT2D eigenvalue weighted by atomic mass is 16.2. The van der Waals surface area contributed by atoms with Gasteiger partial charge in [0.05, 0.1) is 6.04 Å². The Bertz CT molecular complexity index is 653. The molecule has 2 heterocycles. The molecule has 3 N–H and O–H groups in total. The van der Waals surface area contributed by atoms with Crippen LogP contribution in [0.2, 0.25) is 0 Å². The highest BCUT2D eigenvalue weighted by Gasteiger charge is 2.19. The van der Waals surface area contributed by atoms with Crippen LogP contribution in [0.15, 0.2) is 18.2 Å². The van der Waals surface area contributed by atoms with Crippen molar-refractivity contribution >= 4 is 16.8 Å².